The average molecular weight is 507 g/mol. The zero-order valence-electron chi connectivity index (χ0n) is 20.6. The molecule has 1 aliphatic carbocycles. The Kier molecular flexibility index (Phi) is 8.26. The first-order valence-electron chi connectivity index (χ1n) is 12.3. The molecule has 0 radical (unpaired) electrons. The largest absolute Gasteiger partial charge is 0.494 e. The number of pyridine rings is 1. The van der Waals surface area contributed by atoms with Crippen LogP contribution >= 0.6 is 11.8 Å². The lowest BCUT2D eigenvalue weighted by Crippen LogP contribution is -2.52. The maximum Gasteiger partial charge on any atom is 0.257 e. The van der Waals surface area contributed by atoms with E-state index in [0.29, 0.717) is 28.6 Å². The number of hydrogen-bond acceptors (Lipinski definition) is 7. The SMILES string of the molecule is CCOc1ccc(N2C(=O)CC(N(C(=O)CSc3nc(C)ccc3C#N)C3CCCCC3)C2=O)cc1. The van der Waals surface area contributed by atoms with Crippen LogP contribution < -0.4 is 9.64 Å². The zero-order valence-corrected chi connectivity index (χ0v) is 21.4. The smallest absolute Gasteiger partial charge is 0.257 e. The van der Waals surface area contributed by atoms with Crippen molar-refractivity contribution < 1.29 is 19.1 Å². The summed E-state index contributed by atoms with van der Waals surface area (Å²) in [5, 5.41) is 9.91. The highest BCUT2D eigenvalue weighted by molar-refractivity contribution is 8.00. The molecule has 8 nitrogen and oxygen atoms in total. The molecule has 1 atom stereocenters. The van der Waals surface area contributed by atoms with Crippen molar-refractivity contribution >= 4 is 35.2 Å². The van der Waals surface area contributed by atoms with Gasteiger partial charge in [0.2, 0.25) is 11.8 Å². The molecule has 9 heteroatoms. The van der Waals surface area contributed by atoms with E-state index < -0.39 is 6.04 Å². The summed E-state index contributed by atoms with van der Waals surface area (Å²) in [6.07, 6.45) is 4.65. The molecule has 0 bridgehead atoms. The molecule has 36 heavy (non-hydrogen) atoms. The third-order valence-corrected chi connectivity index (χ3v) is 7.55. The van der Waals surface area contributed by atoms with E-state index >= 15 is 0 Å². The van der Waals surface area contributed by atoms with E-state index in [0.717, 1.165) is 37.8 Å². The number of anilines is 1. The quantitative estimate of drug-likeness (QED) is 0.389. The lowest BCUT2D eigenvalue weighted by atomic mass is 9.92. The summed E-state index contributed by atoms with van der Waals surface area (Å²) in [5.41, 5.74) is 1.65. The molecular formula is C27H30N4O4S. The van der Waals surface area contributed by atoms with Gasteiger partial charge in [0, 0.05) is 11.7 Å². The van der Waals surface area contributed by atoms with Gasteiger partial charge >= 0.3 is 0 Å². The van der Waals surface area contributed by atoms with Crippen LogP contribution in [0.1, 0.15) is 56.7 Å². The summed E-state index contributed by atoms with van der Waals surface area (Å²) < 4.78 is 5.47. The number of aromatic nitrogens is 1. The molecule has 188 valence electrons. The minimum atomic E-state index is -0.832. The van der Waals surface area contributed by atoms with Crippen molar-refractivity contribution in [1.82, 2.24) is 9.88 Å². The van der Waals surface area contributed by atoms with Crippen LogP contribution in [0.25, 0.3) is 0 Å². The molecule has 0 N–H and O–H groups in total. The number of thioether (sulfide) groups is 1. The molecule has 1 saturated heterocycles. The number of aryl methyl sites for hydroxylation is 1. The van der Waals surface area contributed by atoms with Crippen molar-refractivity contribution in [3.05, 3.63) is 47.7 Å². The maximum atomic E-state index is 13.6. The third-order valence-electron chi connectivity index (χ3n) is 6.57. The van der Waals surface area contributed by atoms with E-state index in [4.69, 9.17) is 4.74 Å². The summed E-state index contributed by atoms with van der Waals surface area (Å²) in [6, 6.07) is 11.5. The Hall–Kier alpha value is -3.38. The molecule has 1 saturated carbocycles. The standard InChI is InChI=1S/C27H30N4O4S/c1-3-35-22-13-11-21(12-14-22)31-24(32)15-23(27(31)34)30(20-7-5-4-6-8-20)25(33)17-36-26-19(16-28)10-9-18(2)29-26/h9-14,20,23H,3-8,15,17H2,1-2H3. The molecule has 1 unspecified atom stereocenters. The van der Waals surface area contributed by atoms with Crippen molar-refractivity contribution in [2.45, 2.75) is 69.5 Å². The highest BCUT2D eigenvalue weighted by Gasteiger charge is 2.46. The Labute approximate surface area is 215 Å². The van der Waals surface area contributed by atoms with Crippen LogP contribution in [0.2, 0.25) is 0 Å². The Morgan fingerprint density at radius 1 is 1.17 bits per heavy atom. The minimum absolute atomic E-state index is 0.0366. The van der Waals surface area contributed by atoms with Crippen LogP contribution in [0.3, 0.4) is 0 Å². The number of amides is 3. The third kappa shape index (κ3) is 5.54. The van der Waals surface area contributed by atoms with E-state index in [2.05, 4.69) is 11.1 Å². The van der Waals surface area contributed by atoms with Crippen LogP contribution in [0, 0.1) is 18.3 Å². The second kappa shape index (κ2) is 11.6. The predicted octanol–water partition coefficient (Wildman–Crippen LogP) is 4.25. The summed E-state index contributed by atoms with van der Waals surface area (Å²) in [4.78, 5) is 47.4. The minimum Gasteiger partial charge on any atom is -0.494 e. The van der Waals surface area contributed by atoms with E-state index in [-0.39, 0.29) is 35.9 Å². The number of hydrogen-bond donors (Lipinski definition) is 0. The summed E-state index contributed by atoms with van der Waals surface area (Å²) >= 11 is 1.20. The second-order valence-corrected chi connectivity index (χ2v) is 9.98. The van der Waals surface area contributed by atoms with Crippen LogP contribution in [0.15, 0.2) is 41.4 Å². The molecule has 2 heterocycles. The van der Waals surface area contributed by atoms with Crippen LogP contribution in [-0.2, 0) is 14.4 Å². The molecule has 2 fully saturated rings. The number of nitriles is 1. The number of ether oxygens (including phenoxy) is 1. The first-order valence-corrected chi connectivity index (χ1v) is 13.3. The molecule has 2 aromatic rings. The number of carbonyl (C=O) groups is 3. The van der Waals surface area contributed by atoms with Crippen molar-refractivity contribution in [3.8, 4) is 11.8 Å². The Bertz CT molecular complexity index is 1170. The Balaban J connectivity index is 1.56. The second-order valence-electron chi connectivity index (χ2n) is 9.01. The van der Waals surface area contributed by atoms with Gasteiger partial charge in [-0.15, -0.1) is 0 Å². The van der Waals surface area contributed by atoms with Gasteiger partial charge in [0.25, 0.3) is 5.91 Å². The van der Waals surface area contributed by atoms with Gasteiger partial charge in [0.05, 0.1) is 30.0 Å². The Morgan fingerprint density at radius 2 is 1.89 bits per heavy atom. The van der Waals surface area contributed by atoms with Crippen LogP contribution in [-0.4, -0.2) is 52.0 Å². The fraction of sp³-hybridized carbons (Fsp3) is 0.444. The van der Waals surface area contributed by atoms with E-state index in [1.807, 2.05) is 13.8 Å². The number of nitrogens with zero attached hydrogens (tertiary/aromatic N) is 4. The van der Waals surface area contributed by atoms with Gasteiger partial charge in [-0.25, -0.2) is 9.88 Å². The topological polar surface area (TPSA) is 104 Å². The van der Waals surface area contributed by atoms with E-state index in [9.17, 15) is 19.6 Å². The highest BCUT2D eigenvalue weighted by Crippen LogP contribution is 2.33. The van der Waals surface area contributed by atoms with Gasteiger partial charge in [-0.3, -0.25) is 14.4 Å². The zero-order chi connectivity index (χ0) is 25.7. The molecule has 1 aliphatic heterocycles. The maximum absolute atomic E-state index is 13.6. The number of benzene rings is 1. The van der Waals surface area contributed by atoms with Crippen molar-refractivity contribution in [2.75, 3.05) is 17.3 Å². The van der Waals surface area contributed by atoms with Gasteiger partial charge in [-0.1, -0.05) is 31.0 Å². The molecule has 0 spiro atoms. The van der Waals surface area contributed by atoms with Crippen molar-refractivity contribution in [1.29, 1.82) is 5.26 Å². The van der Waals surface area contributed by atoms with Crippen LogP contribution in [0.4, 0.5) is 5.69 Å². The molecule has 1 aromatic carbocycles. The van der Waals surface area contributed by atoms with Gasteiger partial charge in [0.1, 0.15) is 22.9 Å². The predicted molar refractivity (Wildman–Crippen MR) is 137 cm³/mol. The number of carbonyl (C=O) groups excluding carboxylic acids is 3. The van der Waals surface area contributed by atoms with E-state index in [1.54, 1.807) is 41.3 Å². The van der Waals surface area contributed by atoms with Gasteiger partial charge < -0.3 is 9.64 Å². The molecule has 2 aliphatic rings. The lowest BCUT2D eigenvalue weighted by molar-refractivity contribution is -0.139. The molecule has 3 amide bonds. The fourth-order valence-electron chi connectivity index (χ4n) is 4.89. The normalized spacial score (nSPS) is 18.2. The van der Waals surface area contributed by atoms with E-state index in [1.165, 1.54) is 16.7 Å². The number of imide groups is 1. The first-order chi connectivity index (χ1) is 17.4. The molecule has 4 rings (SSSR count). The average Bonchev–Trinajstić information content (AvgIpc) is 3.17. The van der Waals surface area contributed by atoms with Crippen molar-refractivity contribution in [2.24, 2.45) is 0 Å². The molecule has 1 aromatic heterocycles. The van der Waals surface area contributed by atoms with Crippen molar-refractivity contribution in [3.63, 3.8) is 0 Å². The molecular weight excluding hydrogens is 476 g/mol. The summed E-state index contributed by atoms with van der Waals surface area (Å²) in [7, 11) is 0. The van der Waals surface area contributed by atoms with Gasteiger partial charge in [-0.2, -0.15) is 5.26 Å². The summed E-state index contributed by atoms with van der Waals surface area (Å²) in [6.45, 7) is 4.24. The Morgan fingerprint density at radius 3 is 2.56 bits per heavy atom. The summed E-state index contributed by atoms with van der Waals surface area (Å²) in [5.74, 6) is -0.196. The fourth-order valence-corrected chi connectivity index (χ4v) is 5.77. The first kappa shape index (κ1) is 25.7. The lowest BCUT2D eigenvalue weighted by Gasteiger charge is -2.37. The monoisotopic (exact) mass is 506 g/mol. The van der Waals surface area contributed by atoms with Gasteiger partial charge in [-0.05, 0) is 63.1 Å². The number of rotatable bonds is 8. The van der Waals surface area contributed by atoms with Crippen LogP contribution in [0.5, 0.6) is 5.75 Å². The van der Waals surface area contributed by atoms with Gasteiger partial charge in [0.15, 0.2) is 0 Å². The highest BCUT2D eigenvalue weighted by atomic mass is 32.2.